The molecule has 0 spiro atoms. The van der Waals surface area contributed by atoms with Crippen LogP contribution in [-0.4, -0.2) is 23.7 Å². The van der Waals surface area contributed by atoms with Gasteiger partial charge in [0.15, 0.2) is 0 Å². The Bertz CT molecular complexity index is 192. The Kier molecular flexibility index (Phi) is 10.1. The van der Waals surface area contributed by atoms with Crippen LogP contribution in [0.2, 0.25) is 0 Å². The summed E-state index contributed by atoms with van der Waals surface area (Å²) in [4.78, 5) is 11.3. The molecule has 2 N–H and O–H groups in total. The zero-order chi connectivity index (χ0) is 12.2. The van der Waals surface area contributed by atoms with Crippen LogP contribution in [0.25, 0.3) is 0 Å². The van der Waals surface area contributed by atoms with E-state index in [1.807, 2.05) is 6.08 Å². The summed E-state index contributed by atoms with van der Waals surface area (Å²) < 4.78 is 0. The second-order valence-electron chi connectivity index (χ2n) is 4.25. The molecule has 0 rings (SSSR count). The van der Waals surface area contributed by atoms with Gasteiger partial charge >= 0.3 is 0 Å². The fourth-order valence-corrected chi connectivity index (χ4v) is 1.50. The summed E-state index contributed by atoms with van der Waals surface area (Å²) in [5.41, 5.74) is 0. The third kappa shape index (κ3) is 9.71. The van der Waals surface area contributed by atoms with Crippen molar-refractivity contribution in [2.45, 2.75) is 57.9 Å². The Morgan fingerprint density at radius 3 is 2.56 bits per heavy atom. The molecule has 0 aliphatic carbocycles. The quantitative estimate of drug-likeness (QED) is 0.445. The molecule has 1 unspecified atom stereocenters. The predicted octanol–water partition coefficient (Wildman–Crippen LogP) is 2.40. The lowest BCUT2D eigenvalue weighted by atomic mass is 10.1. The van der Waals surface area contributed by atoms with E-state index >= 15 is 0 Å². The molecule has 0 aliphatic rings. The zero-order valence-corrected chi connectivity index (χ0v) is 10.4. The Morgan fingerprint density at radius 2 is 1.94 bits per heavy atom. The van der Waals surface area contributed by atoms with Crippen molar-refractivity contribution in [3.8, 4) is 0 Å². The number of aliphatic hydroxyl groups excluding tert-OH is 1. The van der Waals surface area contributed by atoms with Crippen LogP contribution in [0.5, 0.6) is 0 Å². The molecule has 1 atom stereocenters. The summed E-state index contributed by atoms with van der Waals surface area (Å²) in [6, 6.07) is -0.125. The van der Waals surface area contributed by atoms with Gasteiger partial charge in [0.25, 0.3) is 0 Å². The van der Waals surface area contributed by atoms with Gasteiger partial charge in [-0.25, -0.2) is 0 Å². The van der Waals surface area contributed by atoms with Crippen molar-refractivity contribution >= 4 is 5.91 Å². The Balaban J connectivity index is 3.24. The number of hydrogen-bond acceptors (Lipinski definition) is 2. The van der Waals surface area contributed by atoms with E-state index in [0.717, 1.165) is 19.3 Å². The highest BCUT2D eigenvalue weighted by Gasteiger charge is 2.04. The van der Waals surface area contributed by atoms with E-state index in [4.69, 9.17) is 5.11 Å². The molecule has 94 valence electrons. The first-order valence-corrected chi connectivity index (χ1v) is 6.21. The zero-order valence-electron chi connectivity index (χ0n) is 10.4. The van der Waals surface area contributed by atoms with Crippen molar-refractivity contribution in [3.63, 3.8) is 0 Å². The SMILES string of the molecule is C=CCCCCCCCC(=O)NC(C)CO. The fraction of sp³-hybridized carbons (Fsp3) is 0.769. The monoisotopic (exact) mass is 227 g/mol. The predicted molar refractivity (Wildman–Crippen MR) is 67.2 cm³/mol. The fourth-order valence-electron chi connectivity index (χ4n) is 1.50. The van der Waals surface area contributed by atoms with Gasteiger partial charge in [0, 0.05) is 12.5 Å². The highest BCUT2D eigenvalue weighted by Crippen LogP contribution is 2.07. The van der Waals surface area contributed by atoms with Crippen LogP contribution < -0.4 is 5.32 Å². The van der Waals surface area contributed by atoms with Crippen molar-refractivity contribution in [1.82, 2.24) is 5.32 Å². The summed E-state index contributed by atoms with van der Waals surface area (Å²) >= 11 is 0. The van der Waals surface area contributed by atoms with Crippen molar-refractivity contribution in [3.05, 3.63) is 12.7 Å². The lowest BCUT2D eigenvalue weighted by molar-refractivity contribution is -0.122. The molecule has 3 heteroatoms. The number of aliphatic hydroxyl groups is 1. The molecule has 0 radical (unpaired) electrons. The lowest BCUT2D eigenvalue weighted by Crippen LogP contribution is -2.34. The highest BCUT2D eigenvalue weighted by molar-refractivity contribution is 5.76. The summed E-state index contributed by atoms with van der Waals surface area (Å²) in [5.74, 6) is 0.0487. The number of amides is 1. The summed E-state index contributed by atoms with van der Waals surface area (Å²) in [7, 11) is 0. The van der Waals surface area contributed by atoms with E-state index in [-0.39, 0.29) is 18.6 Å². The second-order valence-corrected chi connectivity index (χ2v) is 4.25. The molecular weight excluding hydrogens is 202 g/mol. The van der Waals surface area contributed by atoms with E-state index < -0.39 is 0 Å². The average molecular weight is 227 g/mol. The molecule has 0 bridgehead atoms. The maximum Gasteiger partial charge on any atom is 0.220 e. The van der Waals surface area contributed by atoms with Gasteiger partial charge in [-0.1, -0.05) is 25.3 Å². The van der Waals surface area contributed by atoms with E-state index in [1.54, 1.807) is 6.92 Å². The third-order valence-electron chi connectivity index (χ3n) is 2.49. The molecule has 0 saturated carbocycles. The lowest BCUT2D eigenvalue weighted by Gasteiger charge is -2.10. The molecule has 0 aromatic rings. The third-order valence-corrected chi connectivity index (χ3v) is 2.49. The van der Waals surface area contributed by atoms with Gasteiger partial charge in [-0.15, -0.1) is 6.58 Å². The average Bonchev–Trinajstić information content (AvgIpc) is 2.27. The minimum Gasteiger partial charge on any atom is -0.394 e. The summed E-state index contributed by atoms with van der Waals surface area (Å²) in [6.07, 6.45) is 9.29. The molecule has 3 nitrogen and oxygen atoms in total. The van der Waals surface area contributed by atoms with Crippen LogP contribution in [0.3, 0.4) is 0 Å². The van der Waals surface area contributed by atoms with E-state index in [9.17, 15) is 4.79 Å². The maximum absolute atomic E-state index is 11.3. The second kappa shape index (κ2) is 10.7. The van der Waals surface area contributed by atoms with E-state index in [0.29, 0.717) is 6.42 Å². The van der Waals surface area contributed by atoms with Gasteiger partial charge < -0.3 is 10.4 Å². The van der Waals surface area contributed by atoms with Crippen molar-refractivity contribution in [1.29, 1.82) is 0 Å². The Labute approximate surface area is 98.9 Å². The maximum atomic E-state index is 11.3. The van der Waals surface area contributed by atoms with E-state index in [2.05, 4.69) is 11.9 Å². The van der Waals surface area contributed by atoms with Gasteiger partial charge in [0.2, 0.25) is 5.91 Å². The Morgan fingerprint density at radius 1 is 1.31 bits per heavy atom. The summed E-state index contributed by atoms with van der Waals surface area (Å²) in [5, 5.41) is 11.5. The van der Waals surface area contributed by atoms with Crippen LogP contribution in [-0.2, 0) is 4.79 Å². The first-order valence-electron chi connectivity index (χ1n) is 6.21. The van der Waals surface area contributed by atoms with Gasteiger partial charge in [-0.2, -0.15) is 0 Å². The van der Waals surface area contributed by atoms with E-state index in [1.165, 1.54) is 19.3 Å². The normalized spacial score (nSPS) is 12.1. The summed E-state index contributed by atoms with van der Waals surface area (Å²) in [6.45, 7) is 5.49. The first kappa shape index (κ1) is 15.2. The standard InChI is InChI=1S/C13H25NO2/c1-3-4-5-6-7-8-9-10-13(16)14-12(2)11-15/h3,12,15H,1,4-11H2,2H3,(H,14,16). The molecule has 0 fully saturated rings. The molecule has 0 aromatic heterocycles. The van der Waals surface area contributed by atoms with Gasteiger partial charge in [-0.05, 0) is 26.2 Å². The van der Waals surface area contributed by atoms with Crippen LogP contribution in [0.15, 0.2) is 12.7 Å². The number of carbonyl (C=O) groups excluding carboxylic acids is 1. The molecule has 0 aromatic carbocycles. The molecular formula is C13H25NO2. The van der Waals surface area contributed by atoms with Crippen LogP contribution in [0.1, 0.15) is 51.9 Å². The molecule has 0 aliphatic heterocycles. The highest BCUT2D eigenvalue weighted by atomic mass is 16.3. The number of rotatable bonds is 10. The minimum absolute atomic E-state index is 0.00724. The van der Waals surface area contributed by atoms with Crippen molar-refractivity contribution in [2.75, 3.05) is 6.61 Å². The van der Waals surface area contributed by atoms with Crippen LogP contribution >= 0.6 is 0 Å². The molecule has 1 amide bonds. The largest absolute Gasteiger partial charge is 0.394 e. The smallest absolute Gasteiger partial charge is 0.220 e. The van der Waals surface area contributed by atoms with Gasteiger partial charge in [0.05, 0.1) is 6.61 Å². The van der Waals surface area contributed by atoms with Crippen molar-refractivity contribution in [2.24, 2.45) is 0 Å². The van der Waals surface area contributed by atoms with Gasteiger partial charge in [0.1, 0.15) is 0 Å². The minimum atomic E-state index is -0.125. The Hall–Kier alpha value is -0.830. The molecule has 0 heterocycles. The van der Waals surface area contributed by atoms with Crippen molar-refractivity contribution < 1.29 is 9.90 Å². The number of allylic oxidation sites excluding steroid dienone is 1. The topological polar surface area (TPSA) is 49.3 Å². The number of hydrogen-bond donors (Lipinski definition) is 2. The number of unbranched alkanes of at least 4 members (excludes halogenated alkanes) is 5. The van der Waals surface area contributed by atoms with Crippen LogP contribution in [0, 0.1) is 0 Å². The number of carbonyl (C=O) groups is 1. The molecule has 16 heavy (non-hydrogen) atoms. The number of nitrogens with one attached hydrogen (secondary N) is 1. The van der Waals surface area contributed by atoms with Crippen LogP contribution in [0.4, 0.5) is 0 Å². The van der Waals surface area contributed by atoms with Gasteiger partial charge in [-0.3, -0.25) is 4.79 Å². The molecule has 0 saturated heterocycles. The first-order chi connectivity index (χ1) is 7.70.